The van der Waals surface area contributed by atoms with Crippen LogP contribution in [0.5, 0.6) is 0 Å². The number of aromatic nitrogens is 5. The predicted octanol–water partition coefficient (Wildman–Crippen LogP) is 0.620. The Morgan fingerprint density at radius 2 is 1.72 bits per heavy atom. The number of amides is 2. The Morgan fingerprint density at radius 3 is 2.36 bits per heavy atom. The van der Waals surface area contributed by atoms with Crippen molar-refractivity contribution in [2.24, 2.45) is 11.7 Å². The molecule has 190 valence electrons. The van der Waals surface area contributed by atoms with E-state index in [1.165, 1.54) is 0 Å². The minimum Gasteiger partial charge on any atom is -0.364 e. The standard InChI is InChI=1S/C22H24F3N9O2/c23-22(24,25)15-7-27-21(28-8-15)33-5-3-32(4-6-33)18(35)12-31-9-14(10-31)11-34-13-29-17-2-1-16(19(26)36)30-20(17)34/h1-2,7-8,13-14H,3-6,9-12H2,(H2,26,36). The first-order chi connectivity index (χ1) is 17.2. The number of hydrogen-bond acceptors (Lipinski definition) is 8. The van der Waals surface area contributed by atoms with Crippen LogP contribution in [-0.4, -0.2) is 91.9 Å². The molecule has 36 heavy (non-hydrogen) atoms. The number of hydrogen-bond donors (Lipinski definition) is 1. The highest BCUT2D eigenvalue weighted by atomic mass is 19.4. The number of piperazine rings is 1. The van der Waals surface area contributed by atoms with Gasteiger partial charge in [-0.25, -0.2) is 19.9 Å². The highest BCUT2D eigenvalue weighted by Crippen LogP contribution is 2.28. The SMILES string of the molecule is NC(=O)c1ccc2ncn(CC3CN(CC(=O)N4CCN(c5ncc(C(F)(F)F)cn5)CC4)C3)c2n1. The number of carbonyl (C=O) groups excluding carboxylic acids is 2. The van der Waals surface area contributed by atoms with Crippen molar-refractivity contribution in [3.05, 3.63) is 42.1 Å². The molecule has 3 aromatic heterocycles. The Kier molecular flexibility index (Phi) is 6.20. The number of rotatable bonds is 6. The first-order valence-electron chi connectivity index (χ1n) is 11.4. The molecule has 0 spiro atoms. The van der Waals surface area contributed by atoms with E-state index in [4.69, 9.17) is 5.73 Å². The van der Waals surface area contributed by atoms with Crippen LogP contribution in [0.4, 0.5) is 19.1 Å². The van der Waals surface area contributed by atoms with Gasteiger partial charge >= 0.3 is 6.18 Å². The van der Waals surface area contributed by atoms with Crippen LogP contribution in [0.2, 0.25) is 0 Å². The lowest BCUT2D eigenvalue weighted by Crippen LogP contribution is -2.55. The normalized spacial score (nSPS) is 17.4. The quantitative estimate of drug-likeness (QED) is 0.519. The Balaban J connectivity index is 1.08. The third kappa shape index (κ3) is 4.94. The van der Waals surface area contributed by atoms with Crippen molar-refractivity contribution in [2.75, 3.05) is 50.7 Å². The fourth-order valence-corrected chi connectivity index (χ4v) is 4.49. The number of alkyl halides is 3. The summed E-state index contributed by atoms with van der Waals surface area (Å²) >= 11 is 0. The average Bonchev–Trinajstić information content (AvgIpc) is 3.24. The summed E-state index contributed by atoms with van der Waals surface area (Å²) in [7, 11) is 0. The molecular formula is C22H24F3N9O2. The maximum Gasteiger partial charge on any atom is 0.419 e. The van der Waals surface area contributed by atoms with E-state index in [0.717, 1.165) is 25.5 Å². The zero-order chi connectivity index (χ0) is 25.4. The van der Waals surface area contributed by atoms with Crippen LogP contribution >= 0.6 is 0 Å². The lowest BCUT2D eigenvalue weighted by molar-refractivity contribution is -0.138. The van der Waals surface area contributed by atoms with Gasteiger partial charge in [-0.15, -0.1) is 0 Å². The van der Waals surface area contributed by atoms with Gasteiger partial charge in [-0.3, -0.25) is 14.5 Å². The molecule has 0 aliphatic carbocycles. The van der Waals surface area contributed by atoms with Crippen LogP contribution in [-0.2, 0) is 17.5 Å². The van der Waals surface area contributed by atoms with Crippen molar-refractivity contribution < 1.29 is 22.8 Å². The third-order valence-electron chi connectivity index (χ3n) is 6.44. The second-order valence-corrected chi connectivity index (χ2v) is 9.00. The molecule has 0 radical (unpaired) electrons. The van der Waals surface area contributed by atoms with Crippen LogP contribution in [0.15, 0.2) is 30.9 Å². The van der Waals surface area contributed by atoms with Crippen LogP contribution < -0.4 is 10.6 Å². The summed E-state index contributed by atoms with van der Waals surface area (Å²) in [6.45, 7) is 4.29. The molecule has 5 heterocycles. The van der Waals surface area contributed by atoms with E-state index in [2.05, 4.69) is 24.8 Å². The van der Waals surface area contributed by atoms with E-state index < -0.39 is 17.6 Å². The van der Waals surface area contributed by atoms with Crippen LogP contribution in [0.25, 0.3) is 11.2 Å². The van der Waals surface area contributed by atoms with Crippen molar-refractivity contribution in [2.45, 2.75) is 12.7 Å². The minimum atomic E-state index is -4.47. The Hall–Kier alpha value is -3.81. The zero-order valence-electron chi connectivity index (χ0n) is 19.2. The molecule has 11 nitrogen and oxygen atoms in total. The van der Waals surface area contributed by atoms with E-state index >= 15 is 0 Å². The summed E-state index contributed by atoms with van der Waals surface area (Å²) in [5, 5.41) is 0. The average molecular weight is 503 g/mol. The molecule has 2 amide bonds. The van der Waals surface area contributed by atoms with Gasteiger partial charge < -0.3 is 20.1 Å². The summed E-state index contributed by atoms with van der Waals surface area (Å²) in [5.74, 6) is -0.0268. The van der Waals surface area contributed by atoms with Gasteiger partial charge in [0, 0.05) is 64.1 Å². The number of nitrogens with zero attached hydrogens (tertiary/aromatic N) is 8. The summed E-state index contributed by atoms with van der Waals surface area (Å²) in [5.41, 5.74) is 5.92. The Morgan fingerprint density at radius 1 is 1.03 bits per heavy atom. The first kappa shape index (κ1) is 23.9. The molecule has 2 fully saturated rings. The second-order valence-electron chi connectivity index (χ2n) is 9.00. The summed E-state index contributed by atoms with van der Waals surface area (Å²) in [6, 6.07) is 3.27. The number of carbonyl (C=O) groups is 2. The van der Waals surface area contributed by atoms with Crippen molar-refractivity contribution in [1.29, 1.82) is 0 Å². The van der Waals surface area contributed by atoms with Crippen molar-refractivity contribution in [3.63, 3.8) is 0 Å². The summed E-state index contributed by atoms with van der Waals surface area (Å²) < 4.78 is 40.0. The molecule has 0 bridgehead atoms. The van der Waals surface area contributed by atoms with Gasteiger partial charge in [0.2, 0.25) is 11.9 Å². The predicted molar refractivity (Wildman–Crippen MR) is 122 cm³/mol. The van der Waals surface area contributed by atoms with Gasteiger partial charge in [0.05, 0.1) is 18.4 Å². The van der Waals surface area contributed by atoms with E-state index in [1.807, 2.05) is 4.57 Å². The number of fused-ring (bicyclic) bond motifs is 1. The smallest absolute Gasteiger partial charge is 0.364 e. The molecule has 14 heteroatoms. The number of pyridine rings is 1. The van der Waals surface area contributed by atoms with E-state index in [0.29, 0.717) is 56.4 Å². The molecule has 2 N–H and O–H groups in total. The third-order valence-corrected chi connectivity index (χ3v) is 6.44. The molecule has 3 aromatic rings. The highest BCUT2D eigenvalue weighted by Gasteiger charge is 2.33. The molecule has 2 aliphatic rings. The van der Waals surface area contributed by atoms with Crippen LogP contribution in [0, 0.1) is 5.92 Å². The summed E-state index contributed by atoms with van der Waals surface area (Å²) in [6.07, 6.45) is -1.23. The van der Waals surface area contributed by atoms with E-state index in [1.54, 1.807) is 28.3 Å². The molecule has 0 unspecified atom stereocenters. The van der Waals surface area contributed by atoms with Crippen molar-refractivity contribution in [3.8, 4) is 0 Å². The molecule has 0 aromatic carbocycles. The molecule has 5 rings (SSSR count). The van der Waals surface area contributed by atoms with Gasteiger partial charge in [-0.2, -0.15) is 13.2 Å². The van der Waals surface area contributed by atoms with Gasteiger partial charge in [0.25, 0.3) is 5.91 Å². The van der Waals surface area contributed by atoms with E-state index in [-0.39, 0.29) is 17.5 Å². The van der Waals surface area contributed by atoms with Crippen molar-refractivity contribution in [1.82, 2.24) is 34.3 Å². The number of likely N-dealkylation sites (tertiary alicyclic amines) is 1. The lowest BCUT2D eigenvalue weighted by atomic mass is 10.00. The van der Waals surface area contributed by atoms with Gasteiger partial charge in [-0.05, 0) is 12.1 Å². The molecule has 0 saturated carbocycles. The minimum absolute atomic E-state index is 0.0160. The number of primary amides is 1. The highest BCUT2D eigenvalue weighted by molar-refractivity contribution is 5.92. The first-order valence-corrected chi connectivity index (χ1v) is 11.4. The van der Waals surface area contributed by atoms with Crippen LogP contribution in [0.1, 0.15) is 16.1 Å². The maximum atomic E-state index is 12.7. The van der Waals surface area contributed by atoms with Crippen LogP contribution in [0.3, 0.4) is 0 Å². The molecular weight excluding hydrogens is 479 g/mol. The molecule has 0 atom stereocenters. The largest absolute Gasteiger partial charge is 0.419 e. The van der Waals surface area contributed by atoms with Gasteiger partial charge in [0.1, 0.15) is 11.2 Å². The zero-order valence-corrected chi connectivity index (χ0v) is 19.2. The number of nitrogens with two attached hydrogens (primary N) is 1. The van der Waals surface area contributed by atoms with Gasteiger partial charge in [0.15, 0.2) is 5.65 Å². The van der Waals surface area contributed by atoms with Gasteiger partial charge in [-0.1, -0.05) is 0 Å². The Labute approximate surface area is 203 Å². The fraction of sp³-hybridized carbons (Fsp3) is 0.455. The number of anilines is 1. The molecule has 2 aliphatic heterocycles. The monoisotopic (exact) mass is 503 g/mol. The number of halogens is 3. The number of imidazole rings is 1. The fourth-order valence-electron chi connectivity index (χ4n) is 4.49. The second kappa shape index (κ2) is 9.33. The molecule has 2 saturated heterocycles. The maximum absolute atomic E-state index is 12.7. The van der Waals surface area contributed by atoms with Crippen molar-refractivity contribution >= 4 is 28.9 Å². The lowest BCUT2D eigenvalue weighted by Gasteiger charge is -2.41. The van der Waals surface area contributed by atoms with E-state index in [9.17, 15) is 22.8 Å². The summed E-state index contributed by atoms with van der Waals surface area (Å²) in [4.78, 5) is 46.0. The topological polar surface area (TPSA) is 126 Å². The Bertz CT molecular complexity index is 1260.